The second kappa shape index (κ2) is 7.64. The van der Waals surface area contributed by atoms with E-state index in [9.17, 15) is 13.2 Å². The second-order valence-corrected chi connectivity index (χ2v) is 8.09. The molecule has 0 saturated carbocycles. The van der Waals surface area contributed by atoms with Crippen LogP contribution in [0.2, 0.25) is 10.0 Å². The summed E-state index contributed by atoms with van der Waals surface area (Å²) >= 11 is 11.7. The van der Waals surface area contributed by atoms with Crippen LogP contribution in [-0.2, 0) is 10.0 Å². The van der Waals surface area contributed by atoms with Gasteiger partial charge in [0.1, 0.15) is 0 Å². The predicted molar refractivity (Wildman–Crippen MR) is 88.0 cm³/mol. The largest absolute Gasteiger partial charge is 0.351 e. The van der Waals surface area contributed by atoms with Crippen molar-refractivity contribution in [1.82, 2.24) is 9.62 Å². The van der Waals surface area contributed by atoms with Gasteiger partial charge in [-0.05, 0) is 31.0 Å². The maximum absolute atomic E-state index is 12.1. The summed E-state index contributed by atoms with van der Waals surface area (Å²) in [5.74, 6) is -0.514. The Kier molecular flexibility index (Phi) is 6.09. The average molecular weight is 365 g/mol. The van der Waals surface area contributed by atoms with Gasteiger partial charge >= 0.3 is 0 Å². The molecule has 8 heteroatoms. The van der Waals surface area contributed by atoms with E-state index in [0.717, 1.165) is 19.3 Å². The molecule has 0 radical (unpaired) electrons. The number of hydrogen-bond acceptors (Lipinski definition) is 3. The molecular weight excluding hydrogens is 347 g/mol. The van der Waals surface area contributed by atoms with Crippen molar-refractivity contribution < 1.29 is 13.2 Å². The molecule has 1 aromatic rings. The van der Waals surface area contributed by atoms with Crippen LogP contribution in [0, 0.1) is 0 Å². The van der Waals surface area contributed by atoms with E-state index in [1.807, 2.05) is 0 Å². The van der Waals surface area contributed by atoms with Crippen molar-refractivity contribution >= 4 is 39.1 Å². The van der Waals surface area contributed by atoms with Gasteiger partial charge in [-0.25, -0.2) is 12.7 Å². The number of piperidine rings is 1. The lowest BCUT2D eigenvalue weighted by atomic mass is 10.2. The minimum absolute atomic E-state index is 0.0522. The first kappa shape index (κ1) is 17.5. The molecule has 1 N–H and O–H groups in total. The number of hydrogen-bond donors (Lipinski definition) is 1. The summed E-state index contributed by atoms with van der Waals surface area (Å²) in [4.78, 5) is 12.0. The molecule has 0 aromatic heterocycles. The SMILES string of the molecule is O=C(NCCS(=O)(=O)N1CCCCC1)c1ccc(Cl)cc1Cl. The third-order valence-corrected chi connectivity index (χ3v) is 5.95. The molecule has 1 amide bonds. The van der Waals surface area contributed by atoms with Crippen LogP contribution >= 0.6 is 23.2 Å². The zero-order valence-corrected chi connectivity index (χ0v) is 14.3. The first-order chi connectivity index (χ1) is 10.4. The normalized spacial score (nSPS) is 16.5. The molecule has 0 aliphatic carbocycles. The molecule has 22 heavy (non-hydrogen) atoms. The van der Waals surface area contributed by atoms with Crippen LogP contribution in [-0.4, -0.2) is 44.0 Å². The molecule has 0 atom stereocenters. The molecule has 1 aromatic carbocycles. The first-order valence-corrected chi connectivity index (χ1v) is 9.48. The highest BCUT2D eigenvalue weighted by atomic mass is 35.5. The van der Waals surface area contributed by atoms with E-state index in [2.05, 4.69) is 5.32 Å². The van der Waals surface area contributed by atoms with E-state index in [1.165, 1.54) is 16.4 Å². The van der Waals surface area contributed by atoms with Gasteiger partial charge in [0.25, 0.3) is 5.91 Å². The number of sulfonamides is 1. The van der Waals surface area contributed by atoms with Crippen molar-refractivity contribution in [3.8, 4) is 0 Å². The Morgan fingerprint density at radius 3 is 2.50 bits per heavy atom. The van der Waals surface area contributed by atoms with Gasteiger partial charge in [0.05, 0.1) is 16.3 Å². The summed E-state index contributed by atoms with van der Waals surface area (Å²) in [6.45, 7) is 1.19. The van der Waals surface area contributed by atoms with Crippen LogP contribution in [0.5, 0.6) is 0 Å². The Labute approximate surface area is 140 Å². The summed E-state index contributed by atoms with van der Waals surface area (Å²) in [6, 6.07) is 4.55. The smallest absolute Gasteiger partial charge is 0.252 e. The number of carbonyl (C=O) groups excluding carboxylic acids is 1. The van der Waals surface area contributed by atoms with Crippen LogP contribution in [0.15, 0.2) is 18.2 Å². The Hall–Kier alpha value is -0.820. The van der Waals surface area contributed by atoms with Gasteiger partial charge in [-0.15, -0.1) is 0 Å². The number of carbonyl (C=O) groups is 1. The van der Waals surface area contributed by atoms with Crippen molar-refractivity contribution in [1.29, 1.82) is 0 Å². The second-order valence-electron chi connectivity index (χ2n) is 5.16. The Bertz CT molecular complexity index is 643. The van der Waals surface area contributed by atoms with Crippen LogP contribution in [0.4, 0.5) is 0 Å². The zero-order valence-electron chi connectivity index (χ0n) is 12.0. The molecule has 1 aliphatic heterocycles. The number of amides is 1. The molecule has 122 valence electrons. The Morgan fingerprint density at radius 1 is 1.18 bits per heavy atom. The zero-order chi connectivity index (χ0) is 16.2. The van der Waals surface area contributed by atoms with Gasteiger partial charge in [0, 0.05) is 24.7 Å². The van der Waals surface area contributed by atoms with E-state index >= 15 is 0 Å². The molecule has 0 spiro atoms. The summed E-state index contributed by atoms with van der Waals surface area (Å²) in [5, 5.41) is 3.26. The minimum Gasteiger partial charge on any atom is -0.351 e. The molecule has 5 nitrogen and oxygen atoms in total. The molecular formula is C14H18Cl2N2O3S. The number of nitrogens with one attached hydrogen (secondary N) is 1. The highest BCUT2D eigenvalue weighted by molar-refractivity contribution is 7.89. The highest BCUT2D eigenvalue weighted by Crippen LogP contribution is 2.20. The molecule has 0 unspecified atom stereocenters. The van der Waals surface area contributed by atoms with Crippen LogP contribution in [0.25, 0.3) is 0 Å². The summed E-state index contributed by atoms with van der Waals surface area (Å²) in [6.07, 6.45) is 2.86. The van der Waals surface area contributed by atoms with Crippen molar-refractivity contribution in [2.24, 2.45) is 0 Å². The third kappa shape index (κ3) is 4.59. The number of benzene rings is 1. The Morgan fingerprint density at radius 2 is 1.86 bits per heavy atom. The lowest BCUT2D eigenvalue weighted by molar-refractivity contribution is 0.0956. The Balaban J connectivity index is 1.88. The standard InChI is InChI=1S/C14H18Cl2N2O3S/c15-11-4-5-12(13(16)10-11)14(19)17-6-9-22(20,21)18-7-2-1-3-8-18/h4-5,10H,1-3,6-9H2,(H,17,19). The number of rotatable bonds is 5. The predicted octanol–water partition coefficient (Wildman–Crippen LogP) is 2.54. The van der Waals surface area contributed by atoms with Crippen molar-refractivity contribution in [3.63, 3.8) is 0 Å². The van der Waals surface area contributed by atoms with Gasteiger partial charge in [0.15, 0.2) is 0 Å². The quantitative estimate of drug-likeness (QED) is 0.872. The van der Waals surface area contributed by atoms with Gasteiger partial charge in [-0.3, -0.25) is 4.79 Å². The average Bonchev–Trinajstić information content (AvgIpc) is 2.47. The summed E-state index contributed by atoms with van der Waals surface area (Å²) < 4.78 is 25.8. The summed E-state index contributed by atoms with van der Waals surface area (Å²) in [5.41, 5.74) is 0.279. The molecule has 1 aliphatic rings. The minimum atomic E-state index is -3.31. The number of nitrogens with zero attached hydrogens (tertiary/aromatic N) is 1. The maximum Gasteiger partial charge on any atom is 0.252 e. The molecule has 2 rings (SSSR count). The van der Waals surface area contributed by atoms with Gasteiger partial charge in [-0.2, -0.15) is 0 Å². The van der Waals surface area contributed by atoms with Crippen LogP contribution < -0.4 is 5.32 Å². The van der Waals surface area contributed by atoms with Gasteiger partial charge in [0.2, 0.25) is 10.0 Å². The van der Waals surface area contributed by atoms with Gasteiger partial charge < -0.3 is 5.32 Å². The lowest BCUT2D eigenvalue weighted by Gasteiger charge is -2.25. The van der Waals surface area contributed by atoms with Crippen molar-refractivity contribution in [3.05, 3.63) is 33.8 Å². The number of halogens is 2. The topological polar surface area (TPSA) is 66.5 Å². The molecule has 1 saturated heterocycles. The van der Waals surface area contributed by atoms with E-state index in [4.69, 9.17) is 23.2 Å². The fourth-order valence-corrected chi connectivity index (χ4v) is 4.26. The maximum atomic E-state index is 12.1. The fraction of sp³-hybridized carbons (Fsp3) is 0.500. The monoisotopic (exact) mass is 364 g/mol. The molecule has 0 bridgehead atoms. The molecule has 1 fully saturated rings. The van der Waals surface area contributed by atoms with Crippen molar-refractivity contribution in [2.45, 2.75) is 19.3 Å². The van der Waals surface area contributed by atoms with Crippen LogP contribution in [0.3, 0.4) is 0 Å². The lowest BCUT2D eigenvalue weighted by Crippen LogP contribution is -2.40. The van der Waals surface area contributed by atoms with E-state index < -0.39 is 15.9 Å². The van der Waals surface area contributed by atoms with Crippen molar-refractivity contribution in [2.75, 3.05) is 25.4 Å². The highest BCUT2D eigenvalue weighted by Gasteiger charge is 2.23. The first-order valence-electron chi connectivity index (χ1n) is 7.11. The van der Waals surface area contributed by atoms with Crippen LogP contribution in [0.1, 0.15) is 29.6 Å². The fourth-order valence-electron chi connectivity index (χ4n) is 2.33. The van der Waals surface area contributed by atoms with E-state index in [-0.39, 0.29) is 22.9 Å². The van der Waals surface area contributed by atoms with E-state index in [0.29, 0.717) is 18.1 Å². The third-order valence-electron chi connectivity index (χ3n) is 3.53. The summed E-state index contributed by atoms with van der Waals surface area (Å²) in [7, 11) is -3.31. The van der Waals surface area contributed by atoms with Gasteiger partial charge in [-0.1, -0.05) is 29.6 Å². The molecule has 1 heterocycles. The van der Waals surface area contributed by atoms with E-state index in [1.54, 1.807) is 6.07 Å².